The maximum absolute atomic E-state index is 12.0. The Hall–Kier alpha value is -1.94. The summed E-state index contributed by atoms with van der Waals surface area (Å²) >= 11 is 4.23. The first-order chi connectivity index (χ1) is 9.70. The summed E-state index contributed by atoms with van der Waals surface area (Å²) in [5, 5.41) is 2.90. The number of hydrogen-bond acceptors (Lipinski definition) is 3. The van der Waals surface area contributed by atoms with E-state index in [1.165, 1.54) is 0 Å². The van der Waals surface area contributed by atoms with Gasteiger partial charge in [-0.3, -0.25) is 4.79 Å². The van der Waals surface area contributed by atoms with Crippen molar-refractivity contribution in [3.05, 3.63) is 59.7 Å². The summed E-state index contributed by atoms with van der Waals surface area (Å²) < 4.78 is 5.28. The third kappa shape index (κ3) is 3.78. The van der Waals surface area contributed by atoms with Crippen molar-refractivity contribution in [2.75, 3.05) is 13.7 Å². The molecule has 2 aromatic rings. The van der Waals surface area contributed by atoms with Crippen molar-refractivity contribution in [2.45, 2.75) is 11.3 Å². The number of methoxy groups -OCH3 is 1. The molecule has 0 bridgehead atoms. The molecule has 0 unspecified atom stereocenters. The first kappa shape index (κ1) is 14.5. The summed E-state index contributed by atoms with van der Waals surface area (Å²) in [5.74, 6) is 0.759. The first-order valence-electron chi connectivity index (χ1n) is 6.40. The minimum atomic E-state index is -0.0872. The van der Waals surface area contributed by atoms with Crippen molar-refractivity contribution < 1.29 is 9.53 Å². The van der Waals surface area contributed by atoms with E-state index in [4.69, 9.17) is 4.74 Å². The van der Waals surface area contributed by atoms with Crippen LogP contribution < -0.4 is 10.1 Å². The molecule has 3 nitrogen and oxygen atoms in total. The summed E-state index contributed by atoms with van der Waals surface area (Å²) in [7, 11) is 1.65. The van der Waals surface area contributed by atoms with Crippen LogP contribution in [0.5, 0.6) is 5.75 Å². The third-order valence-corrected chi connectivity index (χ3v) is 3.26. The molecule has 0 aliphatic heterocycles. The van der Waals surface area contributed by atoms with Gasteiger partial charge in [-0.15, -0.1) is 12.6 Å². The van der Waals surface area contributed by atoms with Crippen molar-refractivity contribution in [1.82, 2.24) is 5.32 Å². The van der Waals surface area contributed by atoms with Crippen LogP contribution in [-0.4, -0.2) is 19.6 Å². The number of nitrogens with one attached hydrogen (secondary N) is 1. The van der Waals surface area contributed by atoms with Gasteiger partial charge in [0.1, 0.15) is 5.75 Å². The molecule has 0 aromatic heterocycles. The lowest BCUT2D eigenvalue weighted by atomic mass is 10.1. The molecule has 2 aromatic carbocycles. The van der Waals surface area contributed by atoms with Gasteiger partial charge in [0.25, 0.3) is 5.91 Å². The Bertz CT molecular complexity index is 599. The van der Waals surface area contributed by atoms with Gasteiger partial charge in [0.2, 0.25) is 0 Å². The second-order valence-electron chi connectivity index (χ2n) is 4.37. The van der Waals surface area contributed by atoms with Crippen molar-refractivity contribution in [2.24, 2.45) is 0 Å². The molecule has 0 spiro atoms. The zero-order valence-corrected chi connectivity index (χ0v) is 12.2. The van der Waals surface area contributed by atoms with Crippen molar-refractivity contribution in [1.29, 1.82) is 0 Å². The Balaban J connectivity index is 1.91. The quantitative estimate of drug-likeness (QED) is 0.830. The Kier molecular flexibility index (Phi) is 5.07. The predicted octanol–water partition coefficient (Wildman–Crippen LogP) is 2.96. The number of rotatable bonds is 5. The highest BCUT2D eigenvalue weighted by molar-refractivity contribution is 7.80. The molecule has 104 valence electrons. The Morgan fingerprint density at radius 2 is 2.00 bits per heavy atom. The van der Waals surface area contributed by atoms with Gasteiger partial charge in [-0.2, -0.15) is 0 Å². The molecule has 0 saturated heterocycles. The second-order valence-corrected chi connectivity index (χ2v) is 4.88. The van der Waals surface area contributed by atoms with Crippen LogP contribution in [0.15, 0.2) is 53.4 Å². The van der Waals surface area contributed by atoms with Crippen molar-refractivity contribution in [3.63, 3.8) is 0 Å². The normalized spacial score (nSPS) is 10.1. The van der Waals surface area contributed by atoms with Crippen LogP contribution in [0.3, 0.4) is 0 Å². The average molecular weight is 287 g/mol. The fraction of sp³-hybridized carbons (Fsp3) is 0.188. The number of para-hydroxylation sites is 1. The van der Waals surface area contributed by atoms with E-state index in [1.807, 2.05) is 36.4 Å². The Morgan fingerprint density at radius 1 is 1.20 bits per heavy atom. The lowest BCUT2D eigenvalue weighted by molar-refractivity contribution is 0.0954. The van der Waals surface area contributed by atoms with Crippen molar-refractivity contribution >= 4 is 18.5 Å². The molecule has 0 heterocycles. The number of hydrogen-bond donors (Lipinski definition) is 2. The Labute approximate surface area is 124 Å². The molecule has 2 rings (SSSR count). The number of thiol groups is 1. The second kappa shape index (κ2) is 7.01. The molecule has 20 heavy (non-hydrogen) atoms. The third-order valence-electron chi connectivity index (χ3n) is 2.98. The van der Waals surface area contributed by atoms with E-state index in [-0.39, 0.29) is 5.91 Å². The minimum Gasteiger partial charge on any atom is -0.496 e. The van der Waals surface area contributed by atoms with E-state index in [9.17, 15) is 4.79 Å². The van der Waals surface area contributed by atoms with Crippen LogP contribution in [-0.2, 0) is 6.42 Å². The zero-order valence-electron chi connectivity index (χ0n) is 11.3. The van der Waals surface area contributed by atoms with Crippen LogP contribution >= 0.6 is 12.6 Å². The number of ether oxygens (including phenoxy) is 1. The SMILES string of the molecule is COc1ccccc1CCNC(=O)c1cccc(S)c1. The van der Waals surface area contributed by atoms with Gasteiger partial charge in [-0.25, -0.2) is 0 Å². The summed E-state index contributed by atoms with van der Waals surface area (Å²) in [4.78, 5) is 12.7. The highest BCUT2D eigenvalue weighted by Gasteiger charge is 2.06. The molecular weight excluding hydrogens is 270 g/mol. The summed E-state index contributed by atoms with van der Waals surface area (Å²) in [5.41, 5.74) is 1.70. The maximum Gasteiger partial charge on any atom is 0.251 e. The van der Waals surface area contributed by atoms with Crippen molar-refractivity contribution in [3.8, 4) is 5.75 Å². The molecule has 0 fully saturated rings. The molecule has 0 aliphatic carbocycles. The summed E-state index contributed by atoms with van der Waals surface area (Å²) in [6.07, 6.45) is 0.732. The van der Waals surface area contributed by atoms with Gasteiger partial charge < -0.3 is 10.1 Å². The highest BCUT2D eigenvalue weighted by atomic mass is 32.1. The highest BCUT2D eigenvalue weighted by Crippen LogP contribution is 2.17. The van der Waals surface area contributed by atoms with E-state index in [1.54, 1.807) is 19.2 Å². The van der Waals surface area contributed by atoms with Gasteiger partial charge in [-0.1, -0.05) is 24.3 Å². The molecule has 1 N–H and O–H groups in total. The van der Waals surface area contributed by atoms with Gasteiger partial charge in [0, 0.05) is 17.0 Å². The molecule has 0 saturated carbocycles. The fourth-order valence-electron chi connectivity index (χ4n) is 1.97. The molecular formula is C16H17NO2S. The number of carbonyl (C=O) groups is 1. The van der Waals surface area contributed by atoms with E-state index in [0.717, 1.165) is 22.6 Å². The van der Waals surface area contributed by atoms with E-state index < -0.39 is 0 Å². The molecule has 1 amide bonds. The van der Waals surface area contributed by atoms with Gasteiger partial charge in [-0.05, 0) is 36.2 Å². The molecule has 4 heteroatoms. The predicted molar refractivity (Wildman–Crippen MR) is 82.7 cm³/mol. The van der Waals surface area contributed by atoms with Gasteiger partial charge >= 0.3 is 0 Å². The van der Waals surface area contributed by atoms with E-state index in [2.05, 4.69) is 17.9 Å². The van der Waals surface area contributed by atoms with Crippen LogP contribution in [0.2, 0.25) is 0 Å². The summed E-state index contributed by atoms with van der Waals surface area (Å²) in [6, 6.07) is 15.0. The van der Waals surface area contributed by atoms with Crippen LogP contribution in [0.25, 0.3) is 0 Å². The van der Waals surface area contributed by atoms with E-state index in [0.29, 0.717) is 12.1 Å². The average Bonchev–Trinajstić information content (AvgIpc) is 2.47. The first-order valence-corrected chi connectivity index (χ1v) is 6.84. The lowest BCUT2D eigenvalue weighted by Gasteiger charge is -2.09. The lowest BCUT2D eigenvalue weighted by Crippen LogP contribution is -2.25. The number of amides is 1. The number of carbonyl (C=O) groups excluding carboxylic acids is 1. The smallest absolute Gasteiger partial charge is 0.251 e. The van der Waals surface area contributed by atoms with Gasteiger partial charge in [0.15, 0.2) is 0 Å². The summed E-state index contributed by atoms with van der Waals surface area (Å²) in [6.45, 7) is 0.565. The van der Waals surface area contributed by atoms with Crippen LogP contribution in [0.1, 0.15) is 15.9 Å². The molecule has 0 atom stereocenters. The number of benzene rings is 2. The maximum atomic E-state index is 12.0. The Morgan fingerprint density at radius 3 is 2.75 bits per heavy atom. The fourth-order valence-corrected chi connectivity index (χ4v) is 2.19. The van der Waals surface area contributed by atoms with Gasteiger partial charge in [0.05, 0.1) is 7.11 Å². The minimum absolute atomic E-state index is 0.0872. The van der Waals surface area contributed by atoms with E-state index >= 15 is 0 Å². The van der Waals surface area contributed by atoms with Crippen LogP contribution in [0, 0.1) is 0 Å². The standard InChI is InChI=1S/C16H17NO2S/c1-19-15-8-3-2-5-12(15)9-10-17-16(18)13-6-4-7-14(20)11-13/h2-8,11,20H,9-10H2,1H3,(H,17,18). The van der Waals surface area contributed by atoms with Crippen LogP contribution in [0.4, 0.5) is 0 Å². The largest absolute Gasteiger partial charge is 0.496 e. The zero-order chi connectivity index (χ0) is 14.4. The monoisotopic (exact) mass is 287 g/mol. The molecule has 0 radical (unpaired) electrons. The molecule has 0 aliphatic rings. The topological polar surface area (TPSA) is 38.3 Å².